The summed E-state index contributed by atoms with van der Waals surface area (Å²) in [4.78, 5) is 31.5. The predicted octanol–water partition coefficient (Wildman–Crippen LogP) is 0.866. The van der Waals surface area contributed by atoms with E-state index in [1.54, 1.807) is 32.3 Å². The Morgan fingerprint density at radius 1 is 0.970 bits per heavy atom. The van der Waals surface area contributed by atoms with Crippen LogP contribution in [0.15, 0.2) is 29.2 Å². The number of morpholine rings is 1. The minimum atomic E-state index is -3.64. The van der Waals surface area contributed by atoms with Gasteiger partial charge in [0.05, 0.1) is 24.7 Å². The molecule has 0 aliphatic carbocycles. The van der Waals surface area contributed by atoms with Crippen LogP contribution < -0.4 is 0 Å². The summed E-state index contributed by atoms with van der Waals surface area (Å²) in [5, 5.41) is 0. The number of piperazine rings is 1. The highest BCUT2D eigenvalue weighted by Crippen LogP contribution is 2.26. The zero-order chi connectivity index (χ0) is 23.4. The van der Waals surface area contributed by atoms with E-state index in [0.29, 0.717) is 58.0 Å². The molecule has 0 bridgehead atoms. The zero-order valence-corrected chi connectivity index (χ0v) is 20.1. The van der Waals surface area contributed by atoms with Crippen molar-refractivity contribution in [1.29, 1.82) is 0 Å². The number of rotatable bonds is 5. The van der Waals surface area contributed by atoms with Crippen LogP contribution in [0.1, 0.15) is 36.5 Å². The van der Waals surface area contributed by atoms with Crippen LogP contribution in [0.4, 0.5) is 0 Å². The molecule has 10 heteroatoms. The van der Waals surface area contributed by atoms with Crippen molar-refractivity contribution in [3.05, 3.63) is 29.8 Å². The lowest BCUT2D eigenvalue weighted by Gasteiger charge is -2.36. The number of sulfonamides is 1. The van der Waals surface area contributed by atoms with Crippen LogP contribution in [0.5, 0.6) is 0 Å². The molecule has 1 aromatic rings. The first-order valence-corrected chi connectivity index (χ1v) is 13.3. The van der Waals surface area contributed by atoms with Crippen molar-refractivity contribution in [2.75, 3.05) is 65.6 Å². The van der Waals surface area contributed by atoms with Gasteiger partial charge >= 0.3 is 0 Å². The summed E-state index contributed by atoms with van der Waals surface area (Å²) in [7, 11) is -3.64. The third-order valence-electron chi connectivity index (χ3n) is 6.81. The van der Waals surface area contributed by atoms with Gasteiger partial charge in [0.25, 0.3) is 5.91 Å². The lowest BCUT2D eigenvalue weighted by Crippen LogP contribution is -2.53. The molecular formula is C23H34N4O5S. The molecule has 182 valence electrons. The summed E-state index contributed by atoms with van der Waals surface area (Å²) in [6.07, 6.45) is 2.75. The van der Waals surface area contributed by atoms with Gasteiger partial charge in [-0.05, 0) is 38.0 Å². The predicted molar refractivity (Wildman–Crippen MR) is 123 cm³/mol. The normalized spacial score (nSPS) is 23.5. The smallest absolute Gasteiger partial charge is 0.254 e. The number of hydrogen-bond donors (Lipinski definition) is 0. The van der Waals surface area contributed by atoms with Crippen LogP contribution >= 0.6 is 0 Å². The molecule has 0 saturated carbocycles. The molecule has 3 heterocycles. The molecule has 3 saturated heterocycles. The van der Waals surface area contributed by atoms with Crippen LogP contribution in [-0.4, -0.2) is 111 Å². The highest BCUT2D eigenvalue weighted by molar-refractivity contribution is 7.89. The molecule has 1 unspecified atom stereocenters. The molecule has 2 amide bonds. The Bertz CT molecular complexity index is 955. The largest absolute Gasteiger partial charge is 0.379 e. The van der Waals surface area contributed by atoms with E-state index in [2.05, 4.69) is 4.90 Å². The number of nitrogens with zero attached hydrogens (tertiary/aromatic N) is 4. The topological polar surface area (TPSA) is 90.5 Å². The van der Waals surface area contributed by atoms with E-state index >= 15 is 0 Å². The summed E-state index contributed by atoms with van der Waals surface area (Å²) >= 11 is 0. The third-order valence-corrected chi connectivity index (χ3v) is 8.82. The van der Waals surface area contributed by atoms with Crippen molar-refractivity contribution < 1.29 is 22.7 Å². The number of hydrogen-bond acceptors (Lipinski definition) is 6. The van der Waals surface area contributed by atoms with Crippen LogP contribution in [-0.2, 0) is 19.6 Å². The first kappa shape index (κ1) is 24.1. The fourth-order valence-electron chi connectivity index (χ4n) is 4.75. The Morgan fingerprint density at radius 2 is 1.67 bits per heavy atom. The molecular weight excluding hydrogens is 444 g/mol. The van der Waals surface area contributed by atoms with Crippen LogP contribution in [0.2, 0.25) is 0 Å². The first-order valence-electron chi connectivity index (χ1n) is 11.9. The van der Waals surface area contributed by atoms with Gasteiger partial charge in [0, 0.05) is 57.4 Å². The standard InChI is InChI=1S/C23H34N4O5S/c1-19-5-2-3-8-27(19)33(30,31)21-7-4-6-20(17-21)23(29)26-11-9-25(10-12-26)22(28)18-24-13-15-32-16-14-24/h4,6-7,17,19H,2-3,5,8-16,18H2,1H3. The van der Waals surface area contributed by atoms with Crippen molar-refractivity contribution in [2.45, 2.75) is 37.1 Å². The number of piperidine rings is 1. The summed E-state index contributed by atoms with van der Waals surface area (Å²) in [6, 6.07) is 6.32. The maximum Gasteiger partial charge on any atom is 0.254 e. The second-order valence-electron chi connectivity index (χ2n) is 9.05. The lowest BCUT2D eigenvalue weighted by molar-refractivity contribution is -0.134. The van der Waals surface area contributed by atoms with Crippen LogP contribution in [0.25, 0.3) is 0 Å². The van der Waals surface area contributed by atoms with Gasteiger partial charge in [0.1, 0.15) is 0 Å². The number of carbonyl (C=O) groups excluding carboxylic acids is 2. The number of benzene rings is 1. The van der Waals surface area contributed by atoms with Gasteiger partial charge in [-0.1, -0.05) is 12.5 Å². The van der Waals surface area contributed by atoms with Gasteiger partial charge in [-0.25, -0.2) is 8.42 Å². The highest BCUT2D eigenvalue weighted by Gasteiger charge is 2.32. The van der Waals surface area contributed by atoms with Crippen molar-refractivity contribution in [2.24, 2.45) is 0 Å². The Labute approximate surface area is 196 Å². The molecule has 0 N–H and O–H groups in total. The second-order valence-corrected chi connectivity index (χ2v) is 10.9. The van der Waals surface area contributed by atoms with Gasteiger partial charge in [0.2, 0.25) is 15.9 Å². The van der Waals surface area contributed by atoms with E-state index in [-0.39, 0.29) is 22.8 Å². The average Bonchev–Trinajstić information content (AvgIpc) is 2.84. The maximum atomic E-state index is 13.2. The lowest BCUT2D eigenvalue weighted by atomic mass is 10.1. The molecule has 0 spiro atoms. The molecule has 1 aromatic carbocycles. The molecule has 1 atom stereocenters. The summed E-state index contributed by atoms with van der Waals surface area (Å²) < 4.78 is 33.2. The van der Waals surface area contributed by atoms with Gasteiger partial charge < -0.3 is 14.5 Å². The molecule has 0 aromatic heterocycles. The molecule has 3 fully saturated rings. The summed E-state index contributed by atoms with van der Waals surface area (Å²) in [5.74, 6) is -0.119. The fourth-order valence-corrected chi connectivity index (χ4v) is 6.49. The molecule has 33 heavy (non-hydrogen) atoms. The van der Waals surface area contributed by atoms with Gasteiger partial charge in [-0.3, -0.25) is 14.5 Å². The Hall–Kier alpha value is -2.01. The third kappa shape index (κ3) is 5.56. The fraction of sp³-hybridized carbons (Fsp3) is 0.652. The Balaban J connectivity index is 1.36. The highest BCUT2D eigenvalue weighted by atomic mass is 32.2. The van der Waals surface area contributed by atoms with Crippen molar-refractivity contribution in [3.63, 3.8) is 0 Å². The van der Waals surface area contributed by atoms with E-state index in [4.69, 9.17) is 4.74 Å². The quantitative estimate of drug-likeness (QED) is 0.624. The van der Waals surface area contributed by atoms with Gasteiger partial charge in [-0.15, -0.1) is 0 Å². The average molecular weight is 479 g/mol. The van der Waals surface area contributed by atoms with Crippen molar-refractivity contribution >= 4 is 21.8 Å². The maximum absolute atomic E-state index is 13.2. The van der Waals surface area contributed by atoms with E-state index in [1.165, 1.54) is 6.07 Å². The number of ether oxygens (including phenoxy) is 1. The van der Waals surface area contributed by atoms with Crippen LogP contribution in [0, 0.1) is 0 Å². The Kier molecular flexibility index (Phi) is 7.68. The minimum absolute atomic E-state index is 0.0359. The molecule has 0 radical (unpaired) electrons. The SMILES string of the molecule is CC1CCCCN1S(=O)(=O)c1cccc(C(=O)N2CCN(C(=O)CN3CCOCC3)CC2)c1. The molecule has 3 aliphatic rings. The first-order chi connectivity index (χ1) is 15.9. The van der Waals surface area contributed by atoms with Gasteiger partial charge in [0.15, 0.2) is 0 Å². The van der Waals surface area contributed by atoms with E-state index < -0.39 is 10.0 Å². The van der Waals surface area contributed by atoms with Crippen LogP contribution in [0.3, 0.4) is 0 Å². The van der Waals surface area contributed by atoms with E-state index in [1.807, 2.05) is 6.92 Å². The second kappa shape index (κ2) is 10.5. The summed E-state index contributed by atoms with van der Waals surface area (Å²) in [5.41, 5.74) is 0.369. The Morgan fingerprint density at radius 3 is 2.36 bits per heavy atom. The zero-order valence-electron chi connectivity index (χ0n) is 19.3. The summed E-state index contributed by atoms with van der Waals surface area (Å²) in [6.45, 7) is 7.51. The minimum Gasteiger partial charge on any atom is -0.379 e. The molecule has 4 rings (SSSR count). The van der Waals surface area contributed by atoms with E-state index in [0.717, 1.165) is 32.4 Å². The molecule has 3 aliphatic heterocycles. The van der Waals surface area contributed by atoms with Crippen molar-refractivity contribution in [1.82, 2.24) is 19.0 Å². The molecule has 9 nitrogen and oxygen atoms in total. The van der Waals surface area contributed by atoms with Crippen molar-refractivity contribution in [3.8, 4) is 0 Å². The van der Waals surface area contributed by atoms with E-state index in [9.17, 15) is 18.0 Å². The monoisotopic (exact) mass is 478 g/mol. The number of amides is 2. The van der Waals surface area contributed by atoms with Gasteiger partial charge in [-0.2, -0.15) is 4.31 Å². The number of carbonyl (C=O) groups is 2.